The van der Waals surface area contributed by atoms with Gasteiger partial charge in [-0.25, -0.2) is 53.6 Å². The van der Waals surface area contributed by atoms with Crippen LogP contribution >= 0.6 is 42.5 Å². The molecule has 0 unspecified atom stereocenters. The number of benzene rings is 2. The Morgan fingerprint density at radius 2 is 1.11 bits per heavy atom. The molecule has 75 heavy (non-hydrogen) atoms. The topological polar surface area (TPSA) is 381 Å². The van der Waals surface area contributed by atoms with Crippen molar-refractivity contribution < 1.29 is 43.9 Å². The number of hydrogen-bond acceptors (Lipinski definition) is 20. The van der Waals surface area contributed by atoms with Gasteiger partial charge in [0.1, 0.15) is 11.6 Å². The normalized spacial score (nSPS) is 14.5. The predicted octanol–water partition coefficient (Wildman–Crippen LogP) is 5.38. The number of nitrogens with two attached hydrogens (primary N) is 3. The maximum absolute atomic E-state index is 13.6. The van der Waals surface area contributed by atoms with Crippen LogP contribution in [0.4, 0.5) is 20.4 Å². The van der Waals surface area contributed by atoms with Crippen molar-refractivity contribution in [3.8, 4) is 34.4 Å². The molecule has 4 heterocycles. The average molecular weight is 1240 g/mol. The van der Waals surface area contributed by atoms with E-state index in [9.17, 15) is 35.2 Å². The van der Waals surface area contributed by atoms with E-state index in [1.54, 1.807) is 0 Å². The maximum Gasteiger partial charge on any atom is 0.446 e. The zero-order valence-electron chi connectivity index (χ0n) is 39.8. The van der Waals surface area contributed by atoms with Gasteiger partial charge in [0.15, 0.2) is 17.3 Å². The first kappa shape index (κ1) is 58.0. The molecule has 0 saturated heterocycles. The Bertz CT molecular complexity index is 3240. The standard InChI is InChI=1S/C21H26BrFN8O5S.C14H14BrFN8O3.C7H13ClO2S/c22-15-11-14(7-8-16(15)23)31-19(29-35-21(31)32)17-18(28-36-27-17)25-9-4-10-26-20(24)30-37(33,34)12-13-5-2-1-3-6-13;15-8-6-7(2-3-9(8)16)24-12(23-26-14(24)25)10-11(22-27-21-10)19-4-1-5-20-13(17)18;8-11(9,10)6-7-4-2-1-3-5-7/h7-8,11,13H,1-6,9-10,12H2,(H,25,28)(H3,24,26,30);2-3,6H,1,4-5H2,(H,19,22)(H4,17,18,20);7H,1-6H2. The summed E-state index contributed by atoms with van der Waals surface area (Å²) in [6.07, 6.45) is 11.8. The van der Waals surface area contributed by atoms with Gasteiger partial charge in [-0.05, 0) is 139 Å². The third kappa shape index (κ3) is 17.7. The van der Waals surface area contributed by atoms with Gasteiger partial charge in [-0.1, -0.05) is 48.8 Å². The molecule has 8 rings (SSSR count). The molecule has 2 aliphatic rings. The summed E-state index contributed by atoms with van der Waals surface area (Å²) in [4.78, 5) is 32.3. The highest BCUT2D eigenvalue weighted by molar-refractivity contribution is 9.10. The molecule has 0 radical (unpaired) electrons. The molecule has 2 aliphatic carbocycles. The molecule has 408 valence electrons. The Morgan fingerprint density at radius 3 is 1.53 bits per heavy atom. The highest BCUT2D eigenvalue weighted by Crippen LogP contribution is 2.29. The summed E-state index contributed by atoms with van der Waals surface area (Å²) in [6, 6.07) is 7.97. The Morgan fingerprint density at radius 1 is 0.667 bits per heavy atom. The molecule has 4 aromatic heterocycles. The minimum absolute atomic E-state index is 0.00176. The first-order valence-electron chi connectivity index (χ1n) is 23.3. The molecule has 26 nitrogen and oxygen atoms in total. The second-order valence-corrected chi connectivity index (χ2v) is 23.4. The molecule has 2 aromatic carbocycles. The van der Waals surface area contributed by atoms with E-state index in [4.69, 9.17) is 46.2 Å². The molecule has 9 N–H and O–H groups in total. The average Bonchev–Trinajstić information content (AvgIpc) is 4.18. The number of nitrogens with one attached hydrogen (secondary N) is 3. The molecular weight excluding hydrogens is 1190 g/mol. The molecule has 0 aliphatic heterocycles. The van der Waals surface area contributed by atoms with E-state index in [1.807, 2.05) is 0 Å². The highest BCUT2D eigenvalue weighted by atomic mass is 79.9. The largest absolute Gasteiger partial charge is 0.446 e. The summed E-state index contributed by atoms with van der Waals surface area (Å²) in [5, 5.41) is 28.6. The highest BCUT2D eigenvalue weighted by Gasteiger charge is 2.26. The van der Waals surface area contributed by atoms with Crippen LogP contribution in [0.25, 0.3) is 34.4 Å². The fourth-order valence-corrected chi connectivity index (χ4v) is 11.5. The van der Waals surface area contributed by atoms with Crippen molar-refractivity contribution in [3.63, 3.8) is 0 Å². The predicted molar refractivity (Wildman–Crippen MR) is 279 cm³/mol. The van der Waals surface area contributed by atoms with Gasteiger partial charge in [-0.15, -0.1) is 0 Å². The van der Waals surface area contributed by atoms with Crippen LogP contribution in [0.15, 0.2) is 83.2 Å². The fourth-order valence-electron chi connectivity index (χ4n) is 7.92. The third-order valence-corrected chi connectivity index (χ3v) is 15.3. The molecule has 6 aromatic rings. The van der Waals surface area contributed by atoms with Crippen LogP contribution in [0.2, 0.25) is 0 Å². The summed E-state index contributed by atoms with van der Waals surface area (Å²) in [7, 11) is -1.66. The Kier molecular flexibility index (Phi) is 21.3. The molecule has 0 spiro atoms. The SMILES string of the molecule is NC(=NCCCNc1nonc1-c1noc(=O)n1-c1ccc(F)c(Br)c1)NS(=O)(=O)CC1CCCCC1.NC(N)=NCCCNc1nonc1-c1noc(=O)n1-c1ccc(F)c(Br)c1.O=S(=O)(Cl)CC1CCCCC1. The van der Waals surface area contributed by atoms with Crippen molar-refractivity contribution in [3.05, 3.63) is 78.1 Å². The van der Waals surface area contributed by atoms with Crippen molar-refractivity contribution in [1.29, 1.82) is 0 Å². The van der Waals surface area contributed by atoms with E-state index in [0.717, 1.165) is 66.9 Å². The smallest absolute Gasteiger partial charge is 0.370 e. The van der Waals surface area contributed by atoms with E-state index >= 15 is 0 Å². The summed E-state index contributed by atoms with van der Waals surface area (Å²) in [5.74, 6) is -1.51. The lowest BCUT2D eigenvalue weighted by atomic mass is 9.91. The molecule has 33 heteroatoms. The Hall–Kier alpha value is -6.25. The molecule has 2 saturated carbocycles. The van der Waals surface area contributed by atoms with Crippen LogP contribution in [0.3, 0.4) is 0 Å². The van der Waals surface area contributed by atoms with Gasteiger partial charge in [-0.2, -0.15) is 0 Å². The van der Waals surface area contributed by atoms with Crippen molar-refractivity contribution >= 4 is 85.2 Å². The number of aromatic nitrogens is 8. The number of halogens is 5. The van der Waals surface area contributed by atoms with Gasteiger partial charge in [-0.3, -0.25) is 23.8 Å². The summed E-state index contributed by atoms with van der Waals surface area (Å²) in [5.41, 5.74) is 17.1. The van der Waals surface area contributed by atoms with Gasteiger partial charge in [0.2, 0.25) is 48.3 Å². The van der Waals surface area contributed by atoms with E-state index in [1.165, 1.54) is 42.8 Å². The zero-order chi connectivity index (χ0) is 54.1. The van der Waals surface area contributed by atoms with Crippen molar-refractivity contribution in [1.82, 2.24) is 44.8 Å². The van der Waals surface area contributed by atoms with Gasteiger partial charge < -0.3 is 27.8 Å². The van der Waals surface area contributed by atoms with Gasteiger partial charge >= 0.3 is 11.5 Å². The molecule has 0 bridgehead atoms. The van der Waals surface area contributed by atoms with Crippen LogP contribution in [-0.2, 0) is 19.1 Å². The third-order valence-electron chi connectivity index (χ3n) is 11.4. The number of nitrogens with zero attached hydrogens (tertiary/aromatic N) is 10. The molecular formula is C42H53Br2ClF2N16O10S2. The van der Waals surface area contributed by atoms with Crippen molar-refractivity contribution in [2.24, 2.45) is 39.0 Å². The van der Waals surface area contributed by atoms with Crippen LogP contribution in [0.1, 0.15) is 77.0 Å². The van der Waals surface area contributed by atoms with Crippen LogP contribution in [0.5, 0.6) is 0 Å². The zero-order valence-corrected chi connectivity index (χ0v) is 45.4. The summed E-state index contributed by atoms with van der Waals surface area (Å²) >= 11 is 6.16. The number of rotatable bonds is 19. The Labute approximate surface area is 448 Å². The second-order valence-electron chi connectivity index (χ2n) is 17.1. The first-order valence-corrected chi connectivity index (χ1v) is 29.0. The van der Waals surface area contributed by atoms with Gasteiger partial charge in [0.25, 0.3) is 0 Å². The van der Waals surface area contributed by atoms with Crippen LogP contribution < -0.4 is 44.1 Å². The first-order chi connectivity index (χ1) is 35.8. The quantitative estimate of drug-likeness (QED) is 0.0256. The number of sulfonamides is 1. The summed E-state index contributed by atoms with van der Waals surface area (Å²) < 4.78 is 97.0. The van der Waals surface area contributed by atoms with Gasteiger partial charge in [0, 0.05) is 36.9 Å². The van der Waals surface area contributed by atoms with E-state index < -0.39 is 42.2 Å². The maximum atomic E-state index is 13.6. The molecule has 0 amide bonds. The number of hydrogen-bond donors (Lipinski definition) is 6. The molecule has 0 atom stereocenters. The lowest BCUT2D eigenvalue weighted by Crippen LogP contribution is -2.40. The van der Waals surface area contributed by atoms with Gasteiger partial charge in [0.05, 0.1) is 31.8 Å². The number of anilines is 2. The number of guanidine groups is 2. The monoisotopic (exact) mass is 1240 g/mol. The lowest BCUT2D eigenvalue weighted by Gasteiger charge is -2.21. The lowest BCUT2D eigenvalue weighted by molar-refractivity contribution is 0.309. The minimum Gasteiger partial charge on any atom is -0.370 e. The van der Waals surface area contributed by atoms with Crippen molar-refractivity contribution in [2.45, 2.75) is 77.0 Å². The van der Waals surface area contributed by atoms with E-state index in [-0.39, 0.29) is 79.5 Å². The fraction of sp³-hybridized carbons (Fsp3) is 0.476. The van der Waals surface area contributed by atoms with Crippen LogP contribution in [-0.4, -0.2) is 107 Å². The minimum atomic E-state index is -3.54. The molecule has 2 fully saturated rings. The number of aliphatic imine (C=N–C) groups is 2. The van der Waals surface area contributed by atoms with Crippen molar-refractivity contribution in [2.75, 3.05) is 48.3 Å². The second kappa shape index (κ2) is 27.5. The van der Waals surface area contributed by atoms with E-state index in [0.29, 0.717) is 49.8 Å². The Balaban J connectivity index is 0.000000209. The van der Waals surface area contributed by atoms with E-state index in [2.05, 4.69) is 88.1 Å². The van der Waals surface area contributed by atoms with Crippen LogP contribution in [0, 0.1) is 23.5 Å². The summed E-state index contributed by atoms with van der Waals surface area (Å²) in [6.45, 7) is 1.47.